The van der Waals surface area contributed by atoms with Gasteiger partial charge in [0.1, 0.15) is 5.82 Å². The van der Waals surface area contributed by atoms with Crippen molar-refractivity contribution in [2.75, 3.05) is 37.6 Å². The Morgan fingerprint density at radius 3 is 2.70 bits per heavy atom. The topological polar surface area (TPSA) is 48.5 Å². The van der Waals surface area contributed by atoms with Crippen molar-refractivity contribution in [3.05, 3.63) is 22.8 Å². The molecular weight excluding hydrogens is 381 g/mol. The molecule has 3 rings (SSSR count). The molecule has 1 saturated heterocycles. The highest BCUT2D eigenvalue weighted by molar-refractivity contribution is 6.33. The molecule has 1 aromatic rings. The SMILES string of the molecule is C[C@@H](NC(=O)CN1CCCN(c2ncc(C(F)(F)F)cc2Cl)CC1)C1CC1. The van der Waals surface area contributed by atoms with E-state index in [9.17, 15) is 18.0 Å². The molecule has 1 amide bonds. The molecule has 0 aromatic carbocycles. The average molecular weight is 405 g/mol. The molecule has 2 heterocycles. The molecule has 0 unspecified atom stereocenters. The molecule has 2 aliphatic rings. The molecule has 0 radical (unpaired) electrons. The van der Waals surface area contributed by atoms with E-state index in [1.54, 1.807) is 0 Å². The number of nitrogens with zero attached hydrogens (tertiary/aromatic N) is 3. The number of alkyl halides is 3. The number of rotatable bonds is 5. The molecule has 9 heteroatoms. The highest BCUT2D eigenvalue weighted by Gasteiger charge is 2.32. The summed E-state index contributed by atoms with van der Waals surface area (Å²) in [4.78, 5) is 20.1. The zero-order valence-electron chi connectivity index (χ0n) is 15.2. The number of nitrogens with one attached hydrogen (secondary N) is 1. The quantitative estimate of drug-likeness (QED) is 0.818. The number of halogens is 4. The van der Waals surface area contributed by atoms with Crippen molar-refractivity contribution < 1.29 is 18.0 Å². The van der Waals surface area contributed by atoms with Crippen LogP contribution in [0.1, 0.15) is 31.7 Å². The van der Waals surface area contributed by atoms with E-state index in [0.717, 1.165) is 25.2 Å². The maximum Gasteiger partial charge on any atom is 0.417 e. The molecule has 150 valence electrons. The van der Waals surface area contributed by atoms with E-state index < -0.39 is 11.7 Å². The van der Waals surface area contributed by atoms with Crippen LogP contribution in [0.15, 0.2) is 12.3 Å². The number of hydrogen-bond donors (Lipinski definition) is 1. The van der Waals surface area contributed by atoms with Gasteiger partial charge in [-0.15, -0.1) is 0 Å². The number of pyridine rings is 1. The monoisotopic (exact) mass is 404 g/mol. The van der Waals surface area contributed by atoms with Crippen LogP contribution in [-0.2, 0) is 11.0 Å². The van der Waals surface area contributed by atoms with Crippen LogP contribution in [0.2, 0.25) is 5.02 Å². The van der Waals surface area contributed by atoms with Crippen LogP contribution in [0, 0.1) is 5.92 Å². The van der Waals surface area contributed by atoms with Crippen LogP contribution in [0.25, 0.3) is 0 Å². The Bertz CT molecular complexity index is 681. The molecule has 0 bridgehead atoms. The molecule has 0 spiro atoms. The van der Waals surface area contributed by atoms with Crippen LogP contribution in [0.3, 0.4) is 0 Å². The van der Waals surface area contributed by atoms with Gasteiger partial charge in [-0.25, -0.2) is 4.98 Å². The Morgan fingerprint density at radius 2 is 2.07 bits per heavy atom. The highest BCUT2D eigenvalue weighted by atomic mass is 35.5. The van der Waals surface area contributed by atoms with Crippen LogP contribution >= 0.6 is 11.6 Å². The van der Waals surface area contributed by atoms with E-state index in [1.807, 2.05) is 11.8 Å². The highest BCUT2D eigenvalue weighted by Crippen LogP contribution is 2.34. The Hall–Kier alpha value is -1.54. The fourth-order valence-corrected chi connectivity index (χ4v) is 3.66. The maximum absolute atomic E-state index is 12.8. The Labute approximate surface area is 161 Å². The van der Waals surface area contributed by atoms with Gasteiger partial charge in [0.15, 0.2) is 0 Å². The lowest BCUT2D eigenvalue weighted by atomic mass is 10.2. The largest absolute Gasteiger partial charge is 0.417 e. The number of carbonyl (C=O) groups excluding carboxylic acids is 1. The summed E-state index contributed by atoms with van der Waals surface area (Å²) >= 11 is 6.05. The van der Waals surface area contributed by atoms with Crippen molar-refractivity contribution in [3.8, 4) is 0 Å². The maximum atomic E-state index is 12.8. The van der Waals surface area contributed by atoms with Crippen molar-refractivity contribution in [2.24, 2.45) is 5.92 Å². The third kappa shape index (κ3) is 5.48. The zero-order chi connectivity index (χ0) is 19.6. The number of amides is 1. The summed E-state index contributed by atoms with van der Waals surface area (Å²) in [6.07, 6.45) is -0.501. The molecule has 1 atom stereocenters. The zero-order valence-corrected chi connectivity index (χ0v) is 16.0. The van der Waals surface area contributed by atoms with Crippen LogP contribution in [0.5, 0.6) is 0 Å². The van der Waals surface area contributed by atoms with Crippen LogP contribution in [0.4, 0.5) is 19.0 Å². The summed E-state index contributed by atoms with van der Waals surface area (Å²) in [7, 11) is 0. The van der Waals surface area contributed by atoms with E-state index in [-0.39, 0.29) is 17.0 Å². The molecule has 1 saturated carbocycles. The van der Waals surface area contributed by atoms with Crippen molar-refractivity contribution in [1.29, 1.82) is 0 Å². The fourth-order valence-electron chi connectivity index (χ4n) is 3.38. The number of hydrogen-bond acceptors (Lipinski definition) is 4. The lowest BCUT2D eigenvalue weighted by Gasteiger charge is -2.24. The minimum Gasteiger partial charge on any atom is -0.354 e. The Kier molecular flexibility index (Phi) is 6.15. The minimum atomic E-state index is -4.46. The van der Waals surface area contributed by atoms with E-state index >= 15 is 0 Å². The van der Waals surface area contributed by atoms with Crippen LogP contribution < -0.4 is 10.2 Å². The van der Waals surface area contributed by atoms with Crippen molar-refractivity contribution >= 4 is 23.3 Å². The van der Waals surface area contributed by atoms with Gasteiger partial charge >= 0.3 is 6.18 Å². The van der Waals surface area contributed by atoms with E-state index in [4.69, 9.17) is 11.6 Å². The predicted molar refractivity (Wildman–Crippen MR) is 97.8 cm³/mol. The first-order chi connectivity index (χ1) is 12.7. The predicted octanol–water partition coefficient (Wildman–Crippen LogP) is 3.18. The molecule has 5 nitrogen and oxygen atoms in total. The number of aromatic nitrogens is 1. The van der Waals surface area contributed by atoms with Gasteiger partial charge in [0, 0.05) is 38.4 Å². The first-order valence-electron chi connectivity index (χ1n) is 9.23. The van der Waals surface area contributed by atoms with Gasteiger partial charge in [-0.3, -0.25) is 9.69 Å². The lowest BCUT2D eigenvalue weighted by Crippen LogP contribution is -2.43. The summed E-state index contributed by atoms with van der Waals surface area (Å²) in [5.74, 6) is 0.994. The van der Waals surface area contributed by atoms with Gasteiger partial charge in [0.05, 0.1) is 17.1 Å². The molecule has 1 N–H and O–H groups in total. The second-order valence-electron chi connectivity index (χ2n) is 7.34. The molecular formula is C18H24ClF3N4O. The molecule has 1 aliphatic carbocycles. The van der Waals surface area contributed by atoms with Gasteiger partial charge in [-0.2, -0.15) is 13.2 Å². The standard InChI is InChI=1S/C18H24ClF3N4O/c1-12(13-3-4-13)24-16(27)11-25-5-2-6-26(8-7-25)17-15(19)9-14(10-23-17)18(20,21)22/h9-10,12-13H,2-8,11H2,1H3,(H,24,27)/t12-/m1/s1. The van der Waals surface area contributed by atoms with Gasteiger partial charge in [0.2, 0.25) is 5.91 Å². The molecule has 1 aromatic heterocycles. The van der Waals surface area contributed by atoms with E-state index in [2.05, 4.69) is 15.2 Å². The average Bonchev–Trinajstić information content (AvgIpc) is 3.41. The summed E-state index contributed by atoms with van der Waals surface area (Å²) in [5, 5.41) is 3.04. The summed E-state index contributed by atoms with van der Waals surface area (Å²) in [6.45, 7) is 4.94. The van der Waals surface area contributed by atoms with Crippen molar-refractivity contribution in [3.63, 3.8) is 0 Å². The van der Waals surface area contributed by atoms with E-state index in [0.29, 0.717) is 37.9 Å². The van der Waals surface area contributed by atoms with Gasteiger partial charge in [-0.05, 0) is 38.2 Å². The van der Waals surface area contributed by atoms with Gasteiger partial charge in [0.25, 0.3) is 0 Å². The second-order valence-corrected chi connectivity index (χ2v) is 7.74. The van der Waals surface area contributed by atoms with Crippen molar-refractivity contribution in [1.82, 2.24) is 15.2 Å². The molecule has 1 aliphatic heterocycles. The third-order valence-electron chi connectivity index (χ3n) is 5.12. The summed E-state index contributed by atoms with van der Waals surface area (Å²) in [5.41, 5.74) is -0.853. The molecule has 27 heavy (non-hydrogen) atoms. The minimum absolute atomic E-state index is 0.00530. The third-order valence-corrected chi connectivity index (χ3v) is 5.40. The fraction of sp³-hybridized carbons (Fsp3) is 0.667. The number of carbonyl (C=O) groups is 1. The Morgan fingerprint density at radius 1 is 1.33 bits per heavy atom. The molecule has 2 fully saturated rings. The lowest BCUT2D eigenvalue weighted by molar-refractivity contribution is -0.137. The normalized spacial score (nSPS) is 20.3. The van der Waals surface area contributed by atoms with E-state index in [1.165, 1.54) is 12.8 Å². The smallest absolute Gasteiger partial charge is 0.354 e. The van der Waals surface area contributed by atoms with Crippen molar-refractivity contribution in [2.45, 2.75) is 38.4 Å². The Balaban J connectivity index is 1.55. The van der Waals surface area contributed by atoms with Crippen LogP contribution in [-0.4, -0.2) is 54.6 Å². The number of anilines is 1. The second kappa shape index (κ2) is 8.22. The van der Waals surface area contributed by atoms with Gasteiger partial charge in [-0.1, -0.05) is 11.6 Å². The van der Waals surface area contributed by atoms with Gasteiger partial charge < -0.3 is 10.2 Å². The first kappa shape index (κ1) is 20.2. The summed E-state index contributed by atoms with van der Waals surface area (Å²) < 4.78 is 38.3. The summed E-state index contributed by atoms with van der Waals surface area (Å²) in [6, 6.07) is 1.13. The first-order valence-corrected chi connectivity index (χ1v) is 9.61.